The molecule has 1 fully saturated rings. The Labute approximate surface area is 106 Å². The van der Waals surface area contributed by atoms with Crippen LogP contribution in [-0.2, 0) is 4.79 Å². The Bertz CT molecular complexity index is 275. The topological polar surface area (TPSA) is 29.4 Å². The molecule has 0 aromatic carbocycles. The van der Waals surface area contributed by atoms with Crippen LogP contribution >= 0.6 is 0 Å². The predicted molar refractivity (Wildman–Crippen MR) is 73.7 cm³/mol. The van der Waals surface area contributed by atoms with Gasteiger partial charge in [-0.2, -0.15) is 0 Å². The number of hydrogen-bond acceptors (Lipinski definition) is 2. The summed E-state index contributed by atoms with van der Waals surface area (Å²) in [7, 11) is 0. The lowest BCUT2D eigenvalue weighted by Gasteiger charge is -2.23. The van der Waals surface area contributed by atoms with E-state index in [1.807, 2.05) is 0 Å². The van der Waals surface area contributed by atoms with Gasteiger partial charge in [-0.15, -0.1) is 0 Å². The van der Waals surface area contributed by atoms with E-state index in [0.717, 1.165) is 44.9 Å². The van der Waals surface area contributed by atoms with Gasteiger partial charge in [0.1, 0.15) is 5.54 Å². The summed E-state index contributed by atoms with van der Waals surface area (Å²) in [6.07, 6.45) is 9.96. The van der Waals surface area contributed by atoms with Crippen molar-refractivity contribution in [2.75, 3.05) is 0 Å². The van der Waals surface area contributed by atoms with E-state index >= 15 is 0 Å². The Morgan fingerprint density at radius 2 is 1.76 bits per heavy atom. The summed E-state index contributed by atoms with van der Waals surface area (Å²) in [4.78, 5) is 16.8. The smallest absolute Gasteiger partial charge is 0.157 e. The maximum Gasteiger partial charge on any atom is 0.157 e. The van der Waals surface area contributed by atoms with Crippen molar-refractivity contribution in [3.63, 3.8) is 0 Å². The number of unbranched alkanes of at least 4 members (excludes halogenated alkanes) is 1. The van der Waals surface area contributed by atoms with Crippen LogP contribution in [0.1, 0.15) is 78.6 Å². The fraction of sp³-hybridized carbons (Fsp3) is 0.867. The van der Waals surface area contributed by atoms with Gasteiger partial charge in [-0.05, 0) is 39.0 Å². The highest BCUT2D eigenvalue weighted by Gasteiger charge is 2.38. The number of carbonyl (C=O) groups excluding carboxylic acids is 1. The van der Waals surface area contributed by atoms with Crippen LogP contribution in [0.2, 0.25) is 0 Å². The molecule has 0 aliphatic heterocycles. The molecule has 2 heteroatoms. The van der Waals surface area contributed by atoms with E-state index in [1.165, 1.54) is 18.6 Å². The fourth-order valence-electron chi connectivity index (χ4n) is 2.71. The van der Waals surface area contributed by atoms with Crippen molar-refractivity contribution >= 4 is 11.5 Å². The van der Waals surface area contributed by atoms with Crippen LogP contribution in [0.3, 0.4) is 0 Å². The van der Waals surface area contributed by atoms with Crippen molar-refractivity contribution in [2.24, 2.45) is 4.99 Å². The summed E-state index contributed by atoms with van der Waals surface area (Å²) < 4.78 is 0. The minimum absolute atomic E-state index is 0.278. The van der Waals surface area contributed by atoms with Crippen LogP contribution in [0.5, 0.6) is 0 Å². The third-order valence-corrected chi connectivity index (χ3v) is 3.82. The molecule has 0 N–H and O–H groups in total. The zero-order valence-electron chi connectivity index (χ0n) is 11.7. The summed E-state index contributed by atoms with van der Waals surface area (Å²) >= 11 is 0. The van der Waals surface area contributed by atoms with E-state index in [-0.39, 0.29) is 11.3 Å². The molecule has 0 heterocycles. The van der Waals surface area contributed by atoms with Crippen molar-refractivity contribution in [3.05, 3.63) is 0 Å². The molecule has 0 bridgehead atoms. The van der Waals surface area contributed by atoms with Crippen LogP contribution in [0.4, 0.5) is 0 Å². The molecule has 98 valence electrons. The molecule has 17 heavy (non-hydrogen) atoms. The van der Waals surface area contributed by atoms with Gasteiger partial charge in [0.25, 0.3) is 0 Å². The van der Waals surface area contributed by atoms with Crippen molar-refractivity contribution in [2.45, 2.75) is 84.1 Å². The quantitative estimate of drug-likeness (QED) is 0.606. The molecule has 1 rings (SSSR count). The van der Waals surface area contributed by atoms with E-state index in [2.05, 4.69) is 13.8 Å². The maximum absolute atomic E-state index is 11.9. The van der Waals surface area contributed by atoms with Gasteiger partial charge in [0.2, 0.25) is 0 Å². The molecule has 0 aromatic rings. The third kappa shape index (κ3) is 3.93. The molecule has 2 nitrogen and oxygen atoms in total. The van der Waals surface area contributed by atoms with E-state index < -0.39 is 0 Å². The standard InChI is InChI=1S/C15H27NO/c1-4-6-10-14(9-5-2)16-15(13(3)17)11-7-8-12-15/h4-12H2,1-3H3. The van der Waals surface area contributed by atoms with E-state index in [4.69, 9.17) is 4.99 Å². The van der Waals surface area contributed by atoms with Gasteiger partial charge in [0, 0.05) is 5.71 Å². The summed E-state index contributed by atoms with van der Waals surface area (Å²) in [5.74, 6) is 0.278. The zero-order chi connectivity index (χ0) is 12.7. The van der Waals surface area contributed by atoms with Crippen LogP contribution in [0.25, 0.3) is 0 Å². The Morgan fingerprint density at radius 1 is 1.12 bits per heavy atom. The molecule has 0 aromatic heterocycles. The summed E-state index contributed by atoms with van der Waals surface area (Å²) in [6, 6.07) is 0. The first-order chi connectivity index (χ1) is 8.14. The highest BCUT2D eigenvalue weighted by molar-refractivity contribution is 5.92. The minimum atomic E-state index is -0.335. The maximum atomic E-state index is 11.9. The normalized spacial score (nSPS) is 19.6. The van der Waals surface area contributed by atoms with Crippen molar-refractivity contribution < 1.29 is 4.79 Å². The molecule has 0 radical (unpaired) electrons. The molecular weight excluding hydrogens is 210 g/mol. The molecule has 1 aliphatic carbocycles. The molecular formula is C15H27NO. The van der Waals surface area contributed by atoms with Crippen LogP contribution in [-0.4, -0.2) is 17.0 Å². The van der Waals surface area contributed by atoms with Crippen molar-refractivity contribution in [1.82, 2.24) is 0 Å². The van der Waals surface area contributed by atoms with Gasteiger partial charge >= 0.3 is 0 Å². The highest BCUT2D eigenvalue weighted by Crippen LogP contribution is 2.35. The van der Waals surface area contributed by atoms with Crippen LogP contribution < -0.4 is 0 Å². The molecule has 1 aliphatic rings. The predicted octanol–water partition coefficient (Wildman–Crippen LogP) is 4.32. The second-order valence-electron chi connectivity index (χ2n) is 5.33. The Balaban J connectivity index is 2.80. The SMILES string of the molecule is CCCCC(CCC)=NC1(C(C)=O)CCCC1. The Morgan fingerprint density at radius 3 is 2.24 bits per heavy atom. The third-order valence-electron chi connectivity index (χ3n) is 3.82. The second kappa shape index (κ2) is 6.93. The number of Topliss-reactive ketones (excluding diaryl/α,β-unsaturated/α-hetero) is 1. The average Bonchev–Trinajstić information content (AvgIpc) is 2.76. The highest BCUT2D eigenvalue weighted by atomic mass is 16.1. The first-order valence-electron chi connectivity index (χ1n) is 7.23. The molecule has 0 unspecified atom stereocenters. The number of aliphatic imine (C=N–C) groups is 1. The molecule has 0 saturated heterocycles. The molecule has 0 amide bonds. The number of rotatable bonds is 7. The molecule has 0 spiro atoms. The lowest BCUT2D eigenvalue weighted by molar-refractivity contribution is -0.121. The number of hydrogen-bond donors (Lipinski definition) is 0. The monoisotopic (exact) mass is 237 g/mol. The van der Waals surface area contributed by atoms with E-state index in [0.29, 0.717) is 0 Å². The minimum Gasteiger partial charge on any atom is -0.297 e. The van der Waals surface area contributed by atoms with E-state index in [9.17, 15) is 4.79 Å². The lowest BCUT2D eigenvalue weighted by atomic mass is 9.93. The van der Waals surface area contributed by atoms with Gasteiger partial charge < -0.3 is 0 Å². The van der Waals surface area contributed by atoms with Gasteiger partial charge in [0.05, 0.1) is 0 Å². The van der Waals surface area contributed by atoms with Crippen LogP contribution in [0.15, 0.2) is 4.99 Å². The number of nitrogens with zero attached hydrogens (tertiary/aromatic N) is 1. The van der Waals surface area contributed by atoms with E-state index in [1.54, 1.807) is 6.92 Å². The van der Waals surface area contributed by atoms with Crippen molar-refractivity contribution in [1.29, 1.82) is 0 Å². The zero-order valence-corrected chi connectivity index (χ0v) is 11.7. The molecule has 0 atom stereocenters. The summed E-state index contributed by atoms with van der Waals surface area (Å²) in [5.41, 5.74) is 0.949. The van der Waals surface area contributed by atoms with Gasteiger partial charge in [-0.25, -0.2) is 0 Å². The lowest BCUT2D eigenvalue weighted by Crippen LogP contribution is -2.32. The Kier molecular flexibility index (Phi) is 5.87. The largest absolute Gasteiger partial charge is 0.297 e. The molecule has 1 saturated carbocycles. The first-order valence-corrected chi connectivity index (χ1v) is 7.23. The van der Waals surface area contributed by atoms with Crippen molar-refractivity contribution in [3.8, 4) is 0 Å². The van der Waals surface area contributed by atoms with Gasteiger partial charge in [0.15, 0.2) is 5.78 Å². The van der Waals surface area contributed by atoms with Gasteiger partial charge in [-0.3, -0.25) is 9.79 Å². The first kappa shape index (κ1) is 14.4. The number of ketones is 1. The second-order valence-corrected chi connectivity index (χ2v) is 5.33. The van der Waals surface area contributed by atoms with Crippen LogP contribution in [0, 0.1) is 0 Å². The summed E-state index contributed by atoms with van der Waals surface area (Å²) in [6.45, 7) is 6.12. The summed E-state index contributed by atoms with van der Waals surface area (Å²) in [5, 5.41) is 0. The fourth-order valence-corrected chi connectivity index (χ4v) is 2.71. The number of carbonyl (C=O) groups is 1. The van der Waals surface area contributed by atoms with Gasteiger partial charge in [-0.1, -0.05) is 39.5 Å². The average molecular weight is 237 g/mol. The Hall–Kier alpha value is -0.660.